The van der Waals surface area contributed by atoms with Gasteiger partial charge in [0.05, 0.1) is 11.9 Å². The molecule has 2 aromatic rings. The molecule has 0 saturated heterocycles. The maximum absolute atomic E-state index is 12.5. The van der Waals surface area contributed by atoms with Crippen molar-refractivity contribution >= 4 is 21.6 Å². The van der Waals surface area contributed by atoms with Gasteiger partial charge in [0.2, 0.25) is 0 Å². The Bertz CT molecular complexity index is 718. The van der Waals surface area contributed by atoms with Gasteiger partial charge in [0, 0.05) is 4.88 Å². The van der Waals surface area contributed by atoms with Gasteiger partial charge in [0.15, 0.2) is 5.82 Å². The zero-order valence-corrected chi connectivity index (χ0v) is 14.6. The molecule has 0 unspecified atom stereocenters. The fourth-order valence-electron chi connectivity index (χ4n) is 3.26. The molecule has 2 heterocycles. The molecule has 0 bridgehead atoms. The van der Waals surface area contributed by atoms with Crippen LogP contribution in [0.3, 0.4) is 0 Å². The molecule has 2 atom stereocenters. The van der Waals surface area contributed by atoms with E-state index < -0.39 is 0 Å². The van der Waals surface area contributed by atoms with E-state index in [0.717, 1.165) is 41.3 Å². The highest BCUT2D eigenvalue weighted by molar-refractivity contribution is 7.18. The van der Waals surface area contributed by atoms with Crippen molar-refractivity contribution in [2.75, 3.05) is 6.54 Å². The van der Waals surface area contributed by atoms with E-state index in [2.05, 4.69) is 31.1 Å². The first kappa shape index (κ1) is 15.7. The highest BCUT2D eigenvalue weighted by atomic mass is 32.1. The highest BCUT2D eigenvalue weighted by Crippen LogP contribution is 2.35. The summed E-state index contributed by atoms with van der Waals surface area (Å²) in [5.74, 6) is 1.54. The second kappa shape index (κ2) is 6.50. The molecule has 1 aliphatic carbocycles. The number of H-pyrrole nitrogens is 1. The highest BCUT2D eigenvalue weighted by Gasteiger charge is 2.24. The molecule has 120 valence electrons. The fraction of sp³-hybridized carbons (Fsp3) is 0.647. The number of nitrogens with two attached hydrogens (primary N) is 1. The molecule has 4 nitrogen and oxygen atoms in total. The number of aromatic amines is 1. The zero-order valence-electron chi connectivity index (χ0n) is 13.7. The molecule has 22 heavy (non-hydrogen) atoms. The van der Waals surface area contributed by atoms with Gasteiger partial charge in [-0.05, 0) is 44.1 Å². The summed E-state index contributed by atoms with van der Waals surface area (Å²) in [5.41, 5.74) is 1.32. The van der Waals surface area contributed by atoms with Crippen molar-refractivity contribution < 1.29 is 5.32 Å². The lowest BCUT2D eigenvalue weighted by atomic mass is 9.89. The van der Waals surface area contributed by atoms with Gasteiger partial charge < -0.3 is 10.3 Å². The maximum atomic E-state index is 12.5. The van der Waals surface area contributed by atoms with Crippen molar-refractivity contribution in [1.29, 1.82) is 0 Å². The van der Waals surface area contributed by atoms with Crippen LogP contribution in [0.1, 0.15) is 62.3 Å². The third-order valence-electron chi connectivity index (χ3n) is 4.69. The number of nitrogens with zero attached hydrogens (tertiary/aromatic N) is 1. The molecular weight excluding hydrogens is 294 g/mol. The molecular formula is C17H26N3OS+. The predicted molar refractivity (Wildman–Crippen MR) is 91.5 cm³/mol. The molecule has 0 radical (unpaired) electrons. The van der Waals surface area contributed by atoms with Gasteiger partial charge in [-0.15, -0.1) is 11.3 Å². The average molecular weight is 320 g/mol. The third kappa shape index (κ3) is 2.97. The Hall–Kier alpha value is -1.20. The standard InChI is InChI=1S/C17H25N3OS/c1-4-5-8-18-11(3)15-19-16(21)14-12-7-6-10(2)9-13(12)22-17(14)20-15/h10-11,18H,4-9H2,1-3H3,(H,19,20,21)/p+1/t10-,11+/m1/s1. The van der Waals surface area contributed by atoms with E-state index in [1.807, 2.05) is 0 Å². The Morgan fingerprint density at radius 2 is 2.32 bits per heavy atom. The number of fused-ring (bicyclic) bond motifs is 3. The summed E-state index contributed by atoms with van der Waals surface area (Å²) >= 11 is 1.73. The first-order chi connectivity index (χ1) is 10.6. The van der Waals surface area contributed by atoms with Gasteiger partial charge in [0.1, 0.15) is 10.9 Å². The number of rotatable bonds is 5. The van der Waals surface area contributed by atoms with Gasteiger partial charge in [0.25, 0.3) is 5.56 Å². The van der Waals surface area contributed by atoms with E-state index in [-0.39, 0.29) is 11.6 Å². The van der Waals surface area contributed by atoms with Crippen molar-refractivity contribution in [2.45, 2.75) is 58.9 Å². The average Bonchev–Trinajstić information content (AvgIpc) is 2.84. The molecule has 3 rings (SSSR count). The quantitative estimate of drug-likeness (QED) is 0.832. The van der Waals surface area contributed by atoms with Crippen LogP contribution in [0.5, 0.6) is 0 Å². The predicted octanol–water partition coefficient (Wildman–Crippen LogP) is 2.53. The van der Waals surface area contributed by atoms with Crippen LogP contribution in [-0.2, 0) is 12.8 Å². The van der Waals surface area contributed by atoms with E-state index in [9.17, 15) is 4.79 Å². The first-order valence-electron chi connectivity index (χ1n) is 8.48. The van der Waals surface area contributed by atoms with E-state index in [0.29, 0.717) is 0 Å². The second-order valence-electron chi connectivity index (χ2n) is 6.65. The topological polar surface area (TPSA) is 62.4 Å². The zero-order chi connectivity index (χ0) is 15.7. The van der Waals surface area contributed by atoms with Gasteiger partial charge >= 0.3 is 0 Å². The Morgan fingerprint density at radius 3 is 3.09 bits per heavy atom. The largest absolute Gasteiger partial charge is 0.338 e. The number of hydrogen-bond acceptors (Lipinski definition) is 3. The van der Waals surface area contributed by atoms with Crippen LogP contribution in [0.15, 0.2) is 4.79 Å². The molecule has 0 aliphatic heterocycles. The lowest BCUT2D eigenvalue weighted by Gasteiger charge is -2.17. The molecule has 0 amide bonds. The van der Waals surface area contributed by atoms with Crippen molar-refractivity contribution in [1.82, 2.24) is 9.97 Å². The Labute approximate surface area is 135 Å². The summed E-state index contributed by atoms with van der Waals surface area (Å²) in [4.78, 5) is 22.7. The minimum Gasteiger partial charge on any atom is -0.338 e. The Balaban J connectivity index is 1.94. The normalized spacial score (nSPS) is 19.3. The van der Waals surface area contributed by atoms with Crippen LogP contribution >= 0.6 is 11.3 Å². The van der Waals surface area contributed by atoms with Crippen molar-refractivity contribution in [3.8, 4) is 0 Å². The monoisotopic (exact) mass is 320 g/mol. The first-order valence-corrected chi connectivity index (χ1v) is 9.29. The number of unbranched alkanes of at least 4 members (excludes halogenated alkanes) is 1. The summed E-state index contributed by atoms with van der Waals surface area (Å²) in [6.45, 7) is 7.69. The number of hydrogen-bond donors (Lipinski definition) is 2. The third-order valence-corrected chi connectivity index (χ3v) is 5.84. The maximum Gasteiger partial charge on any atom is 0.260 e. The molecule has 3 N–H and O–H groups in total. The Kier molecular flexibility index (Phi) is 4.64. The number of aryl methyl sites for hydroxylation is 1. The number of aromatic nitrogens is 2. The van der Waals surface area contributed by atoms with E-state index in [4.69, 9.17) is 4.98 Å². The summed E-state index contributed by atoms with van der Waals surface area (Å²) < 4.78 is 0. The Morgan fingerprint density at radius 1 is 1.50 bits per heavy atom. The van der Waals surface area contributed by atoms with Gasteiger partial charge in [-0.3, -0.25) is 4.79 Å². The van der Waals surface area contributed by atoms with E-state index in [1.165, 1.54) is 29.7 Å². The molecule has 0 aromatic carbocycles. The number of nitrogens with one attached hydrogen (secondary N) is 1. The fourth-order valence-corrected chi connectivity index (χ4v) is 4.66. The van der Waals surface area contributed by atoms with E-state index >= 15 is 0 Å². The van der Waals surface area contributed by atoms with Crippen molar-refractivity contribution in [3.05, 3.63) is 26.6 Å². The van der Waals surface area contributed by atoms with Crippen LogP contribution in [-0.4, -0.2) is 16.5 Å². The number of quaternary nitrogens is 1. The summed E-state index contributed by atoms with van der Waals surface area (Å²) in [7, 11) is 0. The van der Waals surface area contributed by atoms with Crippen LogP contribution in [0, 0.1) is 5.92 Å². The van der Waals surface area contributed by atoms with Crippen LogP contribution < -0.4 is 10.9 Å². The minimum atomic E-state index is 0.0581. The smallest absolute Gasteiger partial charge is 0.260 e. The second-order valence-corrected chi connectivity index (χ2v) is 7.73. The van der Waals surface area contributed by atoms with Crippen LogP contribution in [0.25, 0.3) is 10.2 Å². The molecule has 5 heteroatoms. The minimum absolute atomic E-state index is 0.0581. The number of thiophene rings is 1. The lowest BCUT2D eigenvalue weighted by Crippen LogP contribution is -2.84. The molecule has 1 aliphatic rings. The molecule has 2 aromatic heterocycles. The van der Waals surface area contributed by atoms with Gasteiger partial charge in [-0.1, -0.05) is 20.3 Å². The van der Waals surface area contributed by atoms with Crippen molar-refractivity contribution in [3.63, 3.8) is 0 Å². The van der Waals surface area contributed by atoms with Crippen LogP contribution in [0.4, 0.5) is 0 Å². The lowest BCUT2D eigenvalue weighted by molar-refractivity contribution is -0.694. The van der Waals surface area contributed by atoms with Crippen molar-refractivity contribution in [2.24, 2.45) is 5.92 Å². The summed E-state index contributed by atoms with van der Waals surface area (Å²) in [6, 6.07) is 0.210. The van der Waals surface area contributed by atoms with Gasteiger partial charge in [-0.2, -0.15) is 0 Å². The molecule has 0 fully saturated rings. The van der Waals surface area contributed by atoms with Gasteiger partial charge in [-0.25, -0.2) is 4.98 Å². The SMILES string of the molecule is CCCC[NH2+][C@@H](C)c1nc2sc3c(c2c(=O)[nH]1)CC[C@@H](C)C3. The molecule has 0 saturated carbocycles. The van der Waals surface area contributed by atoms with Crippen LogP contribution in [0.2, 0.25) is 0 Å². The van der Waals surface area contributed by atoms with E-state index in [1.54, 1.807) is 11.3 Å². The summed E-state index contributed by atoms with van der Waals surface area (Å²) in [6.07, 6.45) is 5.70. The molecule has 0 spiro atoms. The summed E-state index contributed by atoms with van der Waals surface area (Å²) in [5, 5.41) is 3.12.